The molecule has 8 heteroatoms. The van der Waals surface area contributed by atoms with Gasteiger partial charge in [0.1, 0.15) is 23.1 Å². The summed E-state index contributed by atoms with van der Waals surface area (Å²) in [5.74, 6) is -4.10. The Balaban J connectivity index is 1.93. The van der Waals surface area contributed by atoms with Crippen molar-refractivity contribution in [3.63, 3.8) is 0 Å². The average Bonchev–Trinajstić information content (AvgIpc) is 3.09. The van der Waals surface area contributed by atoms with Gasteiger partial charge in [-0.15, -0.1) is 0 Å². The average molecular weight is 366 g/mol. The molecule has 138 valence electrons. The summed E-state index contributed by atoms with van der Waals surface area (Å²) in [6, 6.07) is 1.17. The fourth-order valence-electron chi connectivity index (χ4n) is 3.65. The van der Waals surface area contributed by atoms with Crippen LogP contribution in [-0.2, 0) is 0 Å². The van der Waals surface area contributed by atoms with Crippen molar-refractivity contribution >= 4 is 17.2 Å². The molecular formula is C18H18F4N4. The van der Waals surface area contributed by atoms with Crippen LogP contribution in [0.3, 0.4) is 0 Å². The van der Waals surface area contributed by atoms with Gasteiger partial charge < -0.3 is 16.0 Å². The van der Waals surface area contributed by atoms with E-state index in [4.69, 9.17) is 0 Å². The van der Waals surface area contributed by atoms with Crippen LogP contribution in [0.4, 0.5) is 34.8 Å². The quantitative estimate of drug-likeness (QED) is 0.553. The molecule has 0 saturated heterocycles. The molecule has 3 N–H and O–H groups in total. The maximum Gasteiger partial charge on any atom is 0.225 e. The van der Waals surface area contributed by atoms with E-state index in [0.717, 1.165) is 25.7 Å². The number of aromatic nitrogens is 1. The summed E-state index contributed by atoms with van der Waals surface area (Å²) in [6.45, 7) is 1.12. The first kappa shape index (κ1) is 16.9. The van der Waals surface area contributed by atoms with Crippen LogP contribution >= 0.6 is 0 Å². The third-order valence-corrected chi connectivity index (χ3v) is 4.83. The highest BCUT2D eigenvalue weighted by molar-refractivity contribution is 5.93. The first-order valence-electron chi connectivity index (χ1n) is 8.67. The Kier molecular flexibility index (Phi) is 4.34. The van der Waals surface area contributed by atoms with Crippen LogP contribution in [0.5, 0.6) is 0 Å². The molecule has 1 aromatic carbocycles. The summed E-state index contributed by atoms with van der Waals surface area (Å²) >= 11 is 0. The Bertz CT molecular complexity index is 827. The lowest BCUT2D eigenvalue weighted by atomic mass is 10.0. The Morgan fingerprint density at radius 3 is 2.27 bits per heavy atom. The molecule has 0 radical (unpaired) electrons. The highest BCUT2D eigenvalue weighted by Gasteiger charge is 2.29. The minimum Gasteiger partial charge on any atom is -0.380 e. The lowest BCUT2D eigenvalue weighted by Crippen LogP contribution is -2.25. The van der Waals surface area contributed by atoms with E-state index < -0.39 is 29.0 Å². The first-order valence-corrected chi connectivity index (χ1v) is 8.67. The fourth-order valence-corrected chi connectivity index (χ4v) is 3.65. The zero-order chi connectivity index (χ0) is 18.3. The summed E-state index contributed by atoms with van der Waals surface area (Å²) in [5.41, 5.74) is -0.201. The van der Waals surface area contributed by atoms with Gasteiger partial charge in [0.25, 0.3) is 0 Å². The molecule has 1 saturated carbocycles. The van der Waals surface area contributed by atoms with Gasteiger partial charge >= 0.3 is 0 Å². The molecule has 4 nitrogen and oxygen atoms in total. The highest BCUT2D eigenvalue weighted by Crippen LogP contribution is 2.44. The molecule has 1 aliphatic carbocycles. The number of hydrogen-bond donors (Lipinski definition) is 3. The van der Waals surface area contributed by atoms with Crippen molar-refractivity contribution in [2.45, 2.75) is 31.7 Å². The van der Waals surface area contributed by atoms with Crippen molar-refractivity contribution < 1.29 is 17.6 Å². The van der Waals surface area contributed by atoms with E-state index in [0.29, 0.717) is 36.7 Å². The third kappa shape index (κ3) is 2.93. The van der Waals surface area contributed by atoms with Crippen LogP contribution in [-0.4, -0.2) is 24.1 Å². The molecule has 2 aliphatic rings. The van der Waals surface area contributed by atoms with Crippen molar-refractivity contribution in [2.24, 2.45) is 0 Å². The second-order valence-electron chi connectivity index (χ2n) is 6.60. The molecule has 26 heavy (non-hydrogen) atoms. The molecule has 4 rings (SSSR count). The van der Waals surface area contributed by atoms with Crippen LogP contribution in [0.15, 0.2) is 12.1 Å². The number of fused-ring (bicyclic) bond motifs is 1. The molecule has 2 heterocycles. The van der Waals surface area contributed by atoms with E-state index in [1.807, 2.05) is 0 Å². The molecule has 2 aromatic rings. The van der Waals surface area contributed by atoms with Crippen LogP contribution in [0.25, 0.3) is 11.1 Å². The molecule has 0 spiro atoms. The van der Waals surface area contributed by atoms with Crippen LogP contribution < -0.4 is 16.0 Å². The number of nitrogens with one attached hydrogen (secondary N) is 3. The standard InChI is InChI=1S/C18H18F4N4/c19-9-7-11(20)13(12(21)8-9)14-15(25-10-3-1-2-4-10)16-18(26-17(14)22)24-6-5-23-16/h7-8,10,23H,1-6H2,(H2,24,25,26). The van der Waals surface area contributed by atoms with Crippen molar-refractivity contribution in [2.75, 3.05) is 29.0 Å². The summed E-state index contributed by atoms with van der Waals surface area (Å²) in [5, 5.41) is 9.34. The fraction of sp³-hybridized carbons (Fsp3) is 0.389. The van der Waals surface area contributed by atoms with Gasteiger partial charge in [0.05, 0.1) is 16.8 Å². The topological polar surface area (TPSA) is 49.0 Å². The van der Waals surface area contributed by atoms with Gasteiger partial charge in [-0.3, -0.25) is 0 Å². The zero-order valence-electron chi connectivity index (χ0n) is 13.9. The van der Waals surface area contributed by atoms with Crippen molar-refractivity contribution in [3.05, 3.63) is 35.5 Å². The molecule has 1 aromatic heterocycles. The van der Waals surface area contributed by atoms with Gasteiger partial charge in [-0.05, 0) is 12.8 Å². The summed E-state index contributed by atoms with van der Waals surface area (Å²) in [6.07, 6.45) is 3.85. The Morgan fingerprint density at radius 1 is 0.923 bits per heavy atom. The molecule has 0 bridgehead atoms. The number of anilines is 3. The second kappa shape index (κ2) is 6.66. The molecule has 1 aliphatic heterocycles. The van der Waals surface area contributed by atoms with Crippen LogP contribution in [0.1, 0.15) is 25.7 Å². The Morgan fingerprint density at radius 2 is 1.58 bits per heavy atom. The molecular weight excluding hydrogens is 348 g/mol. The number of halogens is 4. The van der Waals surface area contributed by atoms with E-state index in [9.17, 15) is 17.6 Å². The van der Waals surface area contributed by atoms with Gasteiger partial charge in [0.2, 0.25) is 5.95 Å². The number of benzene rings is 1. The largest absolute Gasteiger partial charge is 0.380 e. The second-order valence-corrected chi connectivity index (χ2v) is 6.60. The summed E-state index contributed by atoms with van der Waals surface area (Å²) < 4.78 is 56.8. The van der Waals surface area contributed by atoms with Crippen molar-refractivity contribution in [1.82, 2.24) is 4.98 Å². The van der Waals surface area contributed by atoms with Crippen LogP contribution in [0.2, 0.25) is 0 Å². The maximum atomic E-state index is 14.8. The van der Waals surface area contributed by atoms with Crippen molar-refractivity contribution in [3.8, 4) is 11.1 Å². The number of rotatable bonds is 3. The highest BCUT2D eigenvalue weighted by atomic mass is 19.1. The molecule has 0 atom stereocenters. The summed E-state index contributed by atoms with van der Waals surface area (Å²) in [4.78, 5) is 3.82. The van der Waals surface area contributed by atoms with E-state index in [1.165, 1.54) is 0 Å². The van der Waals surface area contributed by atoms with Crippen molar-refractivity contribution in [1.29, 1.82) is 0 Å². The van der Waals surface area contributed by atoms with E-state index in [2.05, 4.69) is 20.9 Å². The van der Waals surface area contributed by atoms with Gasteiger partial charge in [0, 0.05) is 31.3 Å². The van der Waals surface area contributed by atoms with Crippen LogP contribution in [0, 0.1) is 23.4 Å². The zero-order valence-corrected chi connectivity index (χ0v) is 13.9. The number of hydrogen-bond acceptors (Lipinski definition) is 4. The first-order chi connectivity index (χ1) is 12.5. The lowest BCUT2D eigenvalue weighted by Gasteiger charge is -2.27. The Labute approximate surface area is 148 Å². The lowest BCUT2D eigenvalue weighted by molar-refractivity contribution is 0.541. The minimum atomic E-state index is -1.17. The van der Waals surface area contributed by atoms with Gasteiger partial charge in [0.15, 0.2) is 5.82 Å². The monoisotopic (exact) mass is 366 g/mol. The molecule has 0 unspecified atom stereocenters. The van der Waals surface area contributed by atoms with E-state index in [-0.39, 0.29) is 17.3 Å². The summed E-state index contributed by atoms with van der Waals surface area (Å²) in [7, 11) is 0. The van der Waals surface area contributed by atoms with Gasteiger partial charge in [-0.1, -0.05) is 12.8 Å². The normalized spacial score (nSPS) is 16.8. The maximum absolute atomic E-state index is 14.8. The predicted molar refractivity (Wildman–Crippen MR) is 92.4 cm³/mol. The SMILES string of the molecule is Fc1cc(F)c(-c2c(F)nc3c(c2NC2CCCC2)NCCN3)c(F)c1. The van der Waals surface area contributed by atoms with E-state index in [1.54, 1.807) is 0 Å². The predicted octanol–water partition coefficient (Wildman–Crippen LogP) is 4.50. The molecule has 1 fully saturated rings. The Hall–Kier alpha value is -2.51. The third-order valence-electron chi connectivity index (χ3n) is 4.83. The minimum absolute atomic E-state index is 0.0787. The number of nitrogens with zero attached hydrogens (tertiary/aromatic N) is 1. The molecule has 0 amide bonds. The van der Waals surface area contributed by atoms with E-state index >= 15 is 0 Å². The number of pyridine rings is 1. The van der Waals surface area contributed by atoms with Gasteiger partial charge in [-0.25, -0.2) is 13.2 Å². The smallest absolute Gasteiger partial charge is 0.225 e. The van der Waals surface area contributed by atoms with Gasteiger partial charge in [-0.2, -0.15) is 9.37 Å².